The summed E-state index contributed by atoms with van der Waals surface area (Å²) in [6.45, 7) is 5.37. The minimum absolute atomic E-state index is 0.0361. The molecule has 2 amide bonds. The van der Waals surface area contributed by atoms with Crippen molar-refractivity contribution in [2.24, 2.45) is 0 Å². The summed E-state index contributed by atoms with van der Waals surface area (Å²) in [7, 11) is 0. The van der Waals surface area contributed by atoms with Crippen LogP contribution in [0.1, 0.15) is 13.3 Å². The first-order valence-corrected chi connectivity index (χ1v) is 5.99. The van der Waals surface area contributed by atoms with Crippen LogP contribution < -0.4 is 5.32 Å². The number of nitrogens with one attached hydrogen (secondary N) is 1. The van der Waals surface area contributed by atoms with Crippen LogP contribution in [0.4, 0.5) is 0 Å². The van der Waals surface area contributed by atoms with Gasteiger partial charge in [-0.25, -0.2) is 0 Å². The molecule has 0 saturated carbocycles. The number of nitrogens with zero attached hydrogens (tertiary/aromatic N) is 2. The number of aliphatic hydroxyl groups is 1. The fraction of sp³-hybridized carbons (Fsp3) is 0.818. The van der Waals surface area contributed by atoms with Gasteiger partial charge in [0.1, 0.15) is 0 Å². The first-order chi connectivity index (χ1) is 8.13. The Hall–Kier alpha value is -1.14. The van der Waals surface area contributed by atoms with Gasteiger partial charge in [0.25, 0.3) is 0 Å². The maximum atomic E-state index is 11.8. The minimum Gasteiger partial charge on any atom is -0.395 e. The van der Waals surface area contributed by atoms with E-state index in [4.69, 9.17) is 5.11 Å². The van der Waals surface area contributed by atoms with Crippen LogP contribution in [0.3, 0.4) is 0 Å². The molecular formula is C11H21N3O3. The third-order valence-electron chi connectivity index (χ3n) is 2.85. The average Bonchev–Trinajstić information content (AvgIpc) is 2.52. The normalized spacial score (nSPS) is 17.6. The Kier molecular flexibility index (Phi) is 5.93. The molecule has 17 heavy (non-hydrogen) atoms. The number of carbonyl (C=O) groups excluding carboxylic acids is 2. The van der Waals surface area contributed by atoms with Crippen LogP contribution in [0.5, 0.6) is 0 Å². The van der Waals surface area contributed by atoms with Gasteiger partial charge in [0.05, 0.1) is 13.2 Å². The van der Waals surface area contributed by atoms with Crippen LogP contribution in [0, 0.1) is 0 Å². The number of β-amino-alcohol motifs (C(OH)–C–C–N with tert-alkyl or cyclic N) is 1. The molecule has 1 aliphatic rings. The molecule has 0 bridgehead atoms. The summed E-state index contributed by atoms with van der Waals surface area (Å²) in [4.78, 5) is 26.4. The highest BCUT2D eigenvalue weighted by Gasteiger charge is 2.18. The van der Waals surface area contributed by atoms with E-state index in [0.29, 0.717) is 13.1 Å². The molecule has 6 heteroatoms. The zero-order chi connectivity index (χ0) is 12.7. The fourth-order valence-electron chi connectivity index (χ4n) is 1.90. The van der Waals surface area contributed by atoms with Gasteiger partial charge in [-0.1, -0.05) is 0 Å². The molecule has 0 aromatic carbocycles. The number of rotatable bonds is 4. The van der Waals surface area contributed by atoms with E-state index in [1.807, 2.05) is 0 Å². The largest absolute Gasteiger partial charge is 0.395 e. The van der Waals surface area contributed by atoms with Gasteiger partial charge in [-0.2, -0.15) is 0 Å². The summed E-state index contributed by atoms with van der Waals surface area (Å²) < 4.78 is 0. The lowest BCUT2D eigenvalue weighted by molar-refractivity contribution is -0.132. The van der Waals surface area contributed by atoms with E-state index in [1.165, 1.54) is 6.92 Å². The van der Waals surface area contributed by atoms with Crippen molar-refractivity contribution in [3.63, 3.8) is 0 Å². The summed E-state index contributed by atoms with van der Waals surface area (Å²) in [6, 6.07) is 0. The van der Waals surface area contributed by atoms with E-state index in [1.54, 1.807) is 4.90 Å². The highest BCUT2D eigenvalue weighted by molar-refractivity contribution is 5.83. The van der Waals surface area contributed by atoms with E-state index in [0.717, 1.165) is 26.1 Å². The van der Waals surface area contributed by atoms with Gasteiger partial charge in [-0.3, -0.25) is 14.5 Å². The quantitative estimate of drug-likeness (QED) is 0.640. The predicted molar refractivity (Wildman–Crippen MR) is 63.4 cm³/mol. The van der Waals surface area contributed by atoms with Gasteiger partial charge in [-0.15, -0.1) is 0 Å². The number of aliphatic hydroxyl groups excluding tert-OH is 1. The lowest BCUT2D eigenvalue weighted by Gasteiger charge is -2.21. The number of hydrogen-bond acceptors (Lipinski definition) is 4. The highest BCUT2D eigenvalue weighted by atomic mass is 16.3. The monoisotopic (exact) mass is 243 g/mol. The molecule has 0 radical (unpaired) electrons. The van der Waals surface area contributed by atoms with Gasteiger partial charge in [-0.05, 0) is 13.0 Å². The average molecular weight is 243 g/mol. The van der Waals surface area contributed by atoms with Crippen molar-refractivity contribution in [2.75, 3.05) is 45.9 Å². The Balaban J connectivity index is 2.34. The first kappa shape index (κ1) is 13.9. The Morgan fingerprint density at radius 1 is 1.24 bits per heavy atom. The maximum Gasteiger partial charge on any atom is 0.242 e. The summed E-state index contributed by atoms with van der Waals surface area (Å²) >= 11 is 0. The molecule has 98 valence electrons. The van der Waals surface area contributed by atoms with E-state index >= 15 is 0 Å². The fourth-order valence-corrected chi connectivity index (χ4v) is 1.90. The SMILES string of the molecule is CC(=O)NCC(=O)N1CCCN(CCO)CC1. The third-order valence-corrected chi connectivity index (χ3v) is 2.85. The van der Waals surface area contributed by atoms with Crippen LogP contribution in [0.25, 0.3) is 0 Å². The molecule has 0 aliphatic carbocycles. The van der Waals surface area contributed by atoms with E-state index in [-0.39, 0.29) is 25.0 Å². The molecule has 1 saturated heterocycles. The smallest absolute Gasteiger partial charge is 0.242 e. The van der Waals surface area contributed by atoms with Crippen LogP contribution in [-0.4, -0.2) is 72.6 Å². The van der Waals surface area contributed by atoms with Gasteiger partial charge in [0, 0.05) is 33.1 Å². The Bertz CT molecular complexity index is 271. The van der Waals surface area contributed by atoms with E-state index < -0.39 is 0 Å². The number of hydrogen-bond donors (Lipinski definition) is 2. The lowest BCUT2D eigenvalue weighted by atomic mass is 10.3. The van der Waals surface area contributed by atoms with Crippen LogP contribution in [-0.2, 0) is 9.59 Å². The first-order valence-electron chi connectivity index (χ1n) is 5.99. The molecule has 0 atom stereocenters. The molecule has 2 N–H and O–H groups in total. The predicted octanol–water partition coefficient (Wildman–Crippen LogP) is -1.35. The molecule has 0 spiro atoms. The lowest BCUT2D eigenvalue weighted by Crippen LogP contribution is -2.41. The van der Waals surface area contributed by atoms with Crippen LogP contribution >= 0.6 is 0 Å². The molecule has 1 rings (SSSR count). The van der Waals surface area contributed by atoms with E-state index in [9.17, 15) is 9.59 Å². The minimum atomic E-state index is -0.185. The standard InChI is InChI=1S/C11H21N3O3/c1-10(16)12-9-11(17)14-4-2-3-13(5-6-14)7-8-15/h15H,2-9H2,1H3,(H,12,16). The van der Waals surface area contributed by atoms with Gasteiger partial charge < -0.3 is 15.3 Å². The topological polar surface area (TPSA) is 72.9 Å². The van der Waals surface area contributed by atoms with Crippen LogP contribution in [0.2, 0.25) is 0 Å². The number of amides is 2. The molecule has 1 aliphatic heterocycles. The molecular weight excluding hydrogens is 222 g/mol. The van der Waals surface area contributed by atoms with Crippen LogP contribution in [0.15, 0.2) is 0 Å². The molecule has 6 nitrogen and oxygen atoms in total. The zero-order valence-corrected chi connectivity index (χ0v) is 10.3. The molecule has 1 fully saturated rings. The Morgan fingerprint density at radius 2 is 2.00 bits per heavy atom. The summed E-state index contributed by atoms with van der Waals surface area (Å²) in [5.74, 6) is -0.221. The van der Waals surface area contributed by atoms with Crippen molar-refractivity contribution >= 4 is 11.8 Å². The summed E-state index contributed by atoms with van der Waals surface area (Å²) in [5.41, 5.74) is 0. The Labute approximate surface area is 102 Å². The maximum absolute atomic E-state index is 11.8. The summed E-state index contributed by atoms with van der Waals surface area (Å²) in [6.07, 6.45) is 0.909. The van der Waals surface area contributed by atoms with Crippen molar-refractivity contribution in [3.05, 3.63) is 0 Å². The zero-order valence-electron chi connectivity index (χ0n) is 10.3. The second kappa shape index (κ2) is 7.24. The van der Waals surface area contributed by atoms with Gasteiger partial charge in [0.2, 0.25) is 11.8 Å². The molecule has 0 aromatic rings. The van der Waals surface area contributed by atoms with Crippen molar-refractivity contribution in [1.29, 1.82) is 0 Å². The molecule has 0 unspecified atom stereocenters. The number of carbonyl (C=O) groups is 2. The Morgan fingerprint density at radius 3 is 2.65 bits per heavy atom. The van der Waals surface area contributed by atoms with Crippen molar-refractivity contribution in [3.8, 4) is 0 Å². The molecule has 1 heterocycles. The van der Waals surface area contributed by atoms with E-state index in [2.05, 4.69) is 10.2 Å². The summed E-state index contributed by atoms with van der Waals surface area (Å²) in [5, 5.41) is 11.4. The van der Waals surface area contributed by atoms with Crippen molar-refractivity contribution in [1.82, 2.24) is 15.1 Å². The van der Waals surface area contributed by atoms with Gasteiger partial charge >= 0.3 is 0 Å². The van der Waals surface area contributed by atoms with Crippen molar-refractivity contribution in [2.45, 2.75) is 13.3 Å². The highest BCUT2D eigenvalue weighted by Crippen LogP contribution is 2.02. The third kappa shape index (κ3) is 5.14. The van der Waals surface area contributed by atoms with Crippen molar-refractivity contribution < 1.29 is 14.7 Å². The molecule has 0 aromatic heterocycles. The second-order valence-corrected chi connectivity index (χ2v) is 4.21. The second-order valence-electron chi connectivity index (χ2n) is 4.21. The van der Waals surface area contributed by atoms with Gasteiger partial charge in [0.15, 0.2) is 0 Å².